The molecule has 0 fully saturated rings. The Morgan fingerprint density at radius 3 is 1.62 bits per heavy atom. The van der Waals surface area contributed by atoms with E-state index in [1.54, 1.807) is 0 Å². The molecule has 0 bridgehead atoms. The van der Waals surface area contributed by atoms with Crippen LogP contribution in [0.1, 0.15) is 0 Å². The SMILES string of the molecule is c1ccc(-c2ccc(-c3ccc(-c4nc(-c5ccccc5)cc(-c5ccc(-c6ccc7c(c6)sc6ccccc67)c6c5oc5ccccc56)n4)cc3)cc2)cc1. The van der Waals surface area contributed by atoms with Crippen molar-refractivity contribution in [2.75, 3.05) is 0 Å². The van der Waals surface area contributed by atoms with Gasteiger partial charge in [0.1, 0.15) is 11.2 Å². The molecular formula is C52H32N2OS. The summed E-state index contributed by atoms with van der Waals surface area (Å²) in [6, 6.07) is 68.4. The molecule has 0 saturated carbocycles. The highest BCUT2D eigenvalue weighted by Gasteiger charge is 2.20. The molecule has 3 aromatic heterocycles. The third-order valence-corrected chi connectivity index (χ3v) is 11.9. The molecule has 0 atom stereocenters. The molecule has 4 heteroatoms. The normalized spacial score (nSPS) is 11.6. The largest absolute Gasteiger partial charge is 0.455 e. The van der Waals surface area contributed by atoms with Crippen LogP contribution in [0.5, 0.6) is 0 Å². The molecule has 0 saturated heterocycles. The fourth-order valence-electron chi connectivity index (χ4n) is 7.93. The Bertz CT molecular complexity index is 3220. The van der Waals surface area contributed by atoms with E-state index in [4.69, 9.17) is 14.4 Å². The second kappa shape index (κ2) is 13.3. The molecule has 8 aromatic carbocycles. The Hall–Kier alpha value is -7.14. The van der Waals surface area contributed by atoms with Crippen LogP contribution < -0.4 is 0 Å². The maximum Gasteiger partial charge on any atom is 0.160 e. The van der Waals surface area contributed by atoms with Gasteiger partial charge in [0.2, 0.25) is 0 Å². The zero-order valence-electron chi connectivity index (χ0n) is 30.2. The third-order valence-electron chi connectivity index (χ3n) is 10.8. The lowest BCUT2D eigenvalue weighted by Gasteiger charge is -2.12. The Morgan fingerprint density at radius 2 is 0.893 bits per heavy atom. The van der Waals surface area contributed by atoms with Crippen LogP contribution in [0.2, 0.25) is 0 Å². The fourth-order valence-corrected chi connectivity index (χ4v) is 9.08. The van der Waals surface area contributed by atoms with Gasteiger partial charge in [-0.3, -0.25) is 0 Å². The lowest BCUT2D eigenvalue weighted by atomic mass is 9.95. The number of para-hydroxylation sites is 1. The van der Waals surface area contributed by atoms with E-state index < -0.39 is 0 Å². The molecular weight excluding hydrogens is 701 g/mol. The van der Waals surface area contributed by atoms with Crippen molar-refractivity contribution in [2.24, 2.45) is 0 Å². The number of benzene rings is 8. The number of thiophene rings is 1. The van der Waals surface area contributed by atoms with Gasteiger partial charge in [-0.05, 0) is 63.7 Å². The van der Waals surface area contributed by atoms with Gasteiger partial charge >= 0.3 is 0 Å². The Balaban J connectivity index is 1.04. The minimum Gasteiger partial charge on any atom is -0.455 e. The standard InChI is InChI=1S/C52H32N2OS/c1-3-11-33(12-4-1)34-19-21-35(22-20-34)36-23-25-38(26-24-36)52-53-45(37-13-5-2-6-14-37)32-46(54-52)43-30-29-40(50-44-16-7-9-17-47(44)55-51(43)50)39-27-28-42-41-15-8-10-18-48(41)56-49(42)31-39/h1-32H. The minimum atomic E-state index is 0.663. The number of furan rings is 1. The quantitative estimate of drug-likeness (QED) is 0.171. The summed E-state index contributed by atoms with van der Waals surface area (Å²) < 4.78 is 9.35. The van der Waals surface area contributed by atoms with E-state index in [1.807, 2.05) is 41.7 Å². The predicted octanol–water partition coefficient (Wildman–Crippen LogP) is 14.7. The molecule has 0 radical (unpaired) electrons. The van der Waals surface area contributed by atoms with E-state index in [2.05, 4.69) is 164 Å². The summed E-state index contributed by atoms with van der Waals surface area (Å²) in [5.41, 5.74) is 13.3. The molecule has 0 spiro atoms. The Labute approximate surface area is 327 Å². The van der Waals surface area contributed by atoms with E-state index in [0.717, 1.165) is 72.3 Å². The summed E-state index contributed by atoms with van der Waals surface area (Å²) in [5, 5.41) is 4.76. The summed E-state index contributed by atoms with van der Waals surface area (Å²) in [4.78, 5) is 10.4. The maximum atomic E-state index is 6.77. The van der Waals surface area contributed by atoms with Crippen LogP contribution in [-0.2, 0) is 0 Å². The van der Waals surface area contributed by atoms with Crippen molar-refractivity contribution in [1.29, 1.82) is 0 Å². The number of hydrogen-bond donors (Lipinski definition) is 0. The van der Waals surface area contributed by atoms with E-state index in [0.29, 0.717) is 5.82 Å². The highest BCUT2D eigenvalue weighted by molar-refractivity contribution is 7.25. The summed E-state index contributed by atoms with van der Waals surface area (Å²) in [5.74, 6) is 0.663. The lowest BCUT2D eigenvalue weighted by molar-refractivity contribution is 0.670. The van der Waals surface area contributed by atoms with Crippen LogP contribution in [0.25, 0.3) is 109 Å². The van der Waals surface area contributed by atoms with Gasteiger partial charge in [0.15, 0.2) is 5.82 Å². The highest BCUT2D eigenvalue weighted by Crippen LogP contribution is 2.44. The average molecular weight is 733 g/mol. The summed E-state index contributed by atoms with van der Waals surface area (Å²) >= 11 is 1.84. The predicted molar refractivity (Wildman–Crippen MR) is 235 cm³/mol. The van der Waals surface area contributed by atoms with Crippen molar-refractivity contribution in [2.45, 2.75) is 0 Å². The molecule has 0 N–H and O–H groups in total. The fraction of sp³-hybridized carbons (Fsp3) is 0. The van der Waals surface area contributed by atoms with Gasteiger partial charge in [0, 0.05) is 47.6 Å². The zero-order chi connectivity index (χ0) is 37.0. The molecule has 0 amide bonds. The van der Waals surface area contributed by atoms with E-state index in [-0.39, 0.29) is 0 Å². The smallest absolute Gasteiger partial charge is 0.160 e. The van der Waals surface area contributed by atoms with Crippen molar-refractivity contribution in [3.05, 3.63) is 194 Å². The number of nitrogens with zero attached hydrogens (tertiary/aromatic N) is 2. The number of aromatic nitrogens is 2. The van der Waals surface area contributed by atoms with Gasteiger partial charge in [-0.1, -0.05) is 164 Å². The number of fused-ring (bicyclic) bond motifs is 6. The zero-order valence-corrected chi connectivity index (χ0v) is 31.0. The third kappa shape index (κ3) is 5.58. The van der Waals surface area contributed by atoms with Crippen LogP contribution in [0.3, 0.4) is 0 Å². The summed E-state index contributed by atoms with van der Waals surface area (Å²) in [6.45, 7) is 0. The van der Waals surface area contributed by atoms with Crippen molar-refractivity contribution in [1.82, 2.24) is 9.97 Å². The van der Waals surface area contributed by atoms with Gasteiger partial charge < -0.3 is 4.42 Å². The van der Waals surface area contributed by atoms with Crippen molar-refractivity contribution in [3.63, 3.8) is 0 Å². The molecule has 262 valence electrons. The van der Waals surface area contributed by atoms with Gasteiger partial charge in [0.25, 0.3) is 0 Å². The van der Waals surface area contributed by atoms with E-state index >= 15 is 0 Å². The van der Waals surface area contributed by atoms with Gasteiger partial charge in [0.05, 0.1) is 11.4 Å². The van der Waals surface area contributed by atoms with E-state index in [1.165, 1.54) is 31.3 Å². The van der Waals surface area contributed by atoms with Crippen molar-refractivity contribution in [3.8, 4) is 67.3 Å². The lowest BCUT2D eigenvalue weighted by Crippen LogP contribution is -1.96. The highest BCUT2D eigenvalue weighted by atomic mass is 32.1. The Morgan fingerprint density at radius 1 is 0.357 bits per heavy atom. The van der Waals surface area contributed by atoms with Gasteiger partial charge in [-0.15, -0.1) is 11.3 Å². The van der Waals surface area contributed by atoms with Crippen molar-refractivity contribution < 1.29 is 4.42 Å². The molecule has 0 unspecified atom stereocenters. The molecule has 3 heterocycles. The molecule has 0 aliphatic heterocycles. The summed E-state index contributed by atoms with van der Waals surface area (Å²) in [6.07, 6.45) is 0. The van der Waals surface area contributed by atoms with Crippen LogP contribution >= 0.6 is 11.3 Å². The maximum absolute atomic E-state index is 6.77. The average Bonchev–Trinajstić information content (AvgIpc) is 3.85. The van der Waals surface area contributed by atoms with Crippen LogP contribution in [0.4, 0.5) is 0 Å². The molecule has 0 aliphatic rings. The second-order valence-electron chi connectivity index (χ2n) is 14.1. The first-order chi connectivity index (χ1) is 27.7. The molecule has 56 heavy (non-hydrogen) atoms. The minimum absolute atomic E-state index is 0.663. The second-order valence-corrected chi connectivity index (χ2v) is 15.2. The molecule has 0 aliphatic carbocycles. The molecule has 11 rings (SSSR count). The van der Waals surface area contributed by atoms with Crippen LogP contribution in [0, 0.1) is 0 Å². The summed E-state index contributed by atoms with van der Waals surface area (Å²) in [7, 11) is 0. The molecule has 11 aromatic rings. The van der Waals surface area contributed by atoms with E-state index in [9.17, 15) is 0 Å². The number of hydrogen-bond acceptors (Lipinski definition) is 4. The Kier molecular flexibility index (Phi) is 7.68. The van der Waals surface area contributed by atoms with Gasteiger partial charge in [-0.25, -0.2) is 9.97 Å². The van der Waals surface area contributed by atoms with Crippen molar-refractivity contribution >= 4 is 53.4 Å². The number of rotatable bonds is 6. The first-order valence-corrected chi connectivity index (χ1v) is 19.6. The van der Waals surface area contributed by atoms with Crippen LogP contribution in [0.15, 0.2) is 199 Å². The van der Waals surface area contributed by atoms with Crippen LogP contribution in [-0.4, -0.2) is 9.97 Å². The first kappa shape index (κ1) is 32.3. The molecule has 3 nitrogen and oxygen atoms in total. The first-order valence-electron chi connectivity index (χ1n) is 18.8. The monoisotopic (exact) mass is 732 g/mol. The topological polar surface area (TPSA) is 38.9 Å². The van der Waals surface area contributed by atoms with Gasteiger partial charge in [-0.2, -0.15) is 0 Å².